The highest BCUT2D eigenvalue weighted by Gasteiger charge is 2.08. The lowest BCUT2D eigenvalue weighted by molar-refractivity contribution is -0.118. The van der Waals surface area contributed by atoms with Gasteiger partial charge in [-0.1, -0.05) is 31.2 Å². The number of aryl methyl sites for hydroxylation is 2. The molecule has 0 heterocycles. The minimum Gasteiger partial charge on any atom is -0.483 e. The highest BCUT2D eigenvalue weighted by atomic mass is 32.2. The third-order valence-electron chi connectivity index (χ3n) is 3.16. The second-order valence-electron chi connectivity index (χ2n) is 5.03. The van der Waals surface area contributed by atoms with Crippen molar-refractivity contribution in [2.75, 3.05) is 17.7 Å². The summed E-state index contributed by atoms with van der Waals surface area (Å²) in [6.45, 7) is 6.08. The molecule has 0 bridgehead atoms. The van der Waals surface area contributed by atoms with Crippen LogP contribution in [0.25, 0.3) is 0 Å². The molecule has 0 spiro atoms. The van der Waals surface area contributed by atoms with Crippen LogP contribution in [0.15, 0.2) is 47.4 Å². The van der Waals surface area contributed by atoms with Crippen LogP contribution in [0, 0.1) is 13.8 Å². The zero-order chi connectivity index (χ0) is 15.9. The van der Waals surface area contributed by atoms with E-state index in [9.17, 15) is 4.79 Å². The van der Waals surface area contributed by atoms with Crippen LogP contribution in [0.3, 0.4) is 0 Å². The van der Waals surface area contributed by atoms with Crippen LogP contribution in [0.5, 0.6) is 5.75 Å². The number of para-hydroxylation sites is 1. The molecule has 0 aliphatic heterocycles. The first kappa shape index (κ1) is 16.4. The number of nitrogens with one attached hydrogen (secondary N) is 1. The number of hydrogen-bond donors (Lipinski definition) is 1. The predicted molar refractivity (Wildman–Crippen MR) is 92.9 cm³/mol. The predicted octanol–water partition coefficient (Wildman–Crippen LogP) is 4.43. The van der Waals surface area contributed by atoms with Gasteiger partial charge in [-0.05, 0) is 48.9 Å². The lowest BCUT2D eigenvalue weighted by Crippen LogP contribution is -2.20. The minimum atomic E-state index is -0.148. The van der Waals surface area contributed by atoms with Crippen LogP contribution in [0.4, 0.5) is 5.69 Å². The van der Waals surface area contributed by atoms with E-state index in [4.69, 9.17) is 4.74 Å². The Morgan fingerprint density at radius 3 is 2.73 bits per heavy atom. The van der Waals surface area contributed by atoms with Gasteiger partial charge in [-0.3, -0.25) is 4.79 Å². The molecule has 3 nitrogen and oxygen atoms in total. The van der Waals surface area contributed by atoms with E-state index >= 15 is 0 Å². The zero-order valence-corrected chi connectivity index (χ0v) is 14.0. The molecule has 2 aromatic carbocycles. The molecule has 116 valence electrons. The normalized spacial score (nSPS) is 10.3. The van der Waals surface area contributed by atoms with Crippen molar-refractivity contribution < 1.29 is 9.53 Å². The molecule has 1 amide bonds. The van der Waals surface area contributed by atoms with Gasteiger partial charge in [0.05, 0.1) is 5.69 Å². The van der Waals surface area contributed by atoms with E-state index in [1.54, 1.807) is 11.8 Å². The number of carbonyl (C=O) groups excluding carboxylic acids is 1. The Morgan fingerprint density at radius 2 is 1.95 bits per heavy atom. The van der Waals surface area contributed by atoms with Crippen molar-refractivity contribution in [1.29, 1.82) is 0 Å². The van der Waals surface area contributed by atoms with Gasteiger partial charge in [0, 0.05) is 4.90 Å². The average Bonchev–Trinajstić information content (AvgIpc) is 2.50. The average molecular weight is 315 g/mol. The van der Waals surface area contributed by atoms with Crippen molar-refractivity contribution in [2.45, 2.75) is 25.7 Å². The maximum atomic E-state index is 12.1. The number of carbonyl (C=O) groups is 1. The monoisotopic (exact) mass is 315 g/mol. The third-order valence-corrected chi connectivity index (χ3v) is 4.12. The minimum absolute atomic E-state index is 0.00934. The Labute approximate surface area is 136 Å². The lowest BCUT2D eigenvalue weighted by atomic mass is 10.1. The van der Waals surface area contributed by atoms with Gasteiger partial charge in [0.15, 0.2) is 6.61 Å². The first-order valence-corrected chi connectivity index (χ1v) is 8.30. The van der Waals surface area contributed by atoms with Crippen LogP contribution in [-0.4, -0.2) is 18.3 Å². The fraction of sp³-hybridized carbons (Fsp3) is 0.278. The van der Waals surface area contributed by atoms with Gasteiger partial charge >= 0.3 is 0 Å². The molecule has 0 radical (unpaired) electrons. The molecule has 0 saturated heterocycles. The van der Waals surface area contributed by atoms with Gasteiger partial charge in [-0.15, -0.1) is 11.8 Å². The highest BCUT2D eigenvalue weighted by Crippen LogP contribution is 2.26. The Balaban J connectivity index is 1.97. The summed E-state index contributed by atoms with van der Waals surface area (Å²) < 4.78 is 5.63. The van der Waals surface area contributed by atoms with Gasteiger partial charge in [-0.2, -0.15) is 0 Å². The van der Waals surface area contributed by atoms with Crippen LogP contribution in [0.2, 0.25) is 0 Å². The van der Waals surface area contributed by atoms with Gasteiger partial charge in [0.1, 0.15) is 5.75 Å². The van der Waals surface area contributed by atoms with E-state index in [0.29, 0.717) is 0 Å². The van der Waals surface area contributed by atoms with E-state index in [1.807, 2.05) is 56.3 Å². The van der Waals surface area contributed by atoms with Crippen LogP contribution in [0.1, 0.15) is 18.1 Å². The largest absolute Gasteiger partial charge is 0.483 e. The molecule has 2 aromatic rings. The summed E-state index contributed by atoms with van der Waals surface area (Å²) in [6.07, 6.45) is 0. The van der Waals surface area contributed by atoms with Gasteiger partial charge < -0.3 is 10.1 Å². The Kier molecular flexibility index (Phi) is 5.90. The van der Waals surface area contributed by atoms with E-state index < -0.39 is 0 Å². The number of benzene rings is 2. The van der Waals surface area contributed by atoms with E-state index in [-0.39, 0.29) is 12.5 Å². The van der Waals surface area contributed by atoms with Crippen LogP contribution >= 0.6 is 11.8 Å². The molecule has 0 aliphatic carbocycles. The first-order valence-electron chi connectivity index (χ1n) is 7.32. The fourth-order valence-corrected chi connectivity index (χ4v) is 2.80. The fourth-order valence-electron chi connectivity index (χ4n) is 2.04. The second kappa shape index (κ2) is 7.90. The number of anilines is 1. The van der Waals surface area contributed by atoms with Crippen molar-refractivity contribution in [3.05, 3.63) is 53.6 Å². The summed E-state index contributed by atoms with van der Waals surface area (Å²) in [4.78, 5) is 13.2. The molecule has 0 unspecified atom stereocenters. The van der Waals surface area contributed by atoms with Crippen molar-refractivity contribution in [3.8, 4) is 5.75 Å². The highest BCUT2D eigenvalue weighted by molar-refractivity contribution is 7.99. The van der Waals surface area contributed by atoms with Crippen LogP contribution in [-0.2, 0) is 4.79 Å². The summed E-state index contributed by atoms with van der Waals surface area (Å²) in [7, 11) is 0. The van der Waals surface area contributed by atoms with Crippen molar-refractivity contribution in [3.63, 3.8) is 0 Å². The number of amides is 1. The van der Waals surface area contributed by atoms with Crippen molar-refractivity contribution in [1.82, 2.24) is 0 Å². The smallest absolute Gasteiger partial charge is 0.262 e. The SMILES string of the molecule is CCSc1ccccc1NC(=O)COc1cc(C)ccc1C. The molecular weight excluding hydrogens is 294 g/mol. The number of rotatable bonds is 6. The van der Waals surface area contributed by atoms with E-state index in [0.717, 1.165) is 33.2 Å². The summed E-state index contributed by atoms with van der Waals surface area (Å²) in [6, 6.07) is 13.8. The van der Waals surface area contributed by atoms with Crippen molar-refractivity contribution in [2.24, 2.45) is 0 Å². The van der Waals surface area contributed by atoms with Crippen molar-refractivity contribution >= 4 is 23.4 Å². The lowest BCUT2D eigenvalue weighted by Gasteiger charge is -2.12. The molecule has 0 aromatic heterocycles. The van der Waals surface area contributed by atoms with Gasteiger partial charge in [-0.25, -0.2) is 0 Å². The first-order chi connectivity index (χ1) is 10.6. The molecule has 2 rings (SSSR count). The maximum absolute atomic E-state index is 12.1. The van der Waals surface area contributed by atoms with E-state index in [2.05, 4.69) is 12.2 Å². The number of thioether (sulfide) groups is 1. The van der Waals surface area contributed by atoms with E-state index in [1.165, 1.54) is 0 Å². The molecule has 1 N–H and O–H groups in total. The molecule has 0 fully saturated rings. The standard InChI is InChI=1S/C18H21NO2S/c1-4-22-17-8-6-5-7-15(17)19-18(20)12-21-16-11-13(2)9-10-14(16)3/h5-11H,4,12H2,1-3H3,(H,19,20). The molecule has 0 atom stereocenters. The Bertz CT molecular complexity index is 655. The topological polar surface area (TPSA) is 38.3 Å². The molecular formula is C18H21NO2S. The molecule has 4 heteroatoms. The Hall–Kier alpha value is -1.94. The number of hydrogen-bond acceptors (Lipinski definition) is 3. The molecule has 22 heavy (non-hydrogen) atoms. The quantitative estimate of drug-likeness (QED) is 0.801. The zero-order valence-electron chi connectivity index (χ0n) is 13.2. The summed E-state index contributed by atoms with van der Waals surface area (Å²) in [5.74, 6) is 1.57. The summed E-state index contributed by atoms with van der Waals surface area (Å²) in [5.41, 5.74) is 2.98. The third kappa shape index (κ3) is 4.53. The maximum Gasteiger partial charge on any atom is 0.262 e. The van der Waals surface area contributed by atoms with Crippen LogP contribution < -0.4 is 10.1 Å². The second-order valence-corrected chi connectivity index (χ2v) is 6.34. The summed E-state index contributed by atoms with van der Waals surface area (Å²) >= 11 is 1.71. The van der Waals surface area contributed by atoms with Gasteiger partial charge in [0.25, 0.3) is 5.91 Å². The van der Waals surface area contributed by atoms with Gasteiger partial charge in [0.2, 0.25) is 0 Å². The number of ether oxygens (including phenoxy) is 1. The summed E-state index contributed by atoms with van der Waals surface area (Å²) in [5, 5.41) is 2.91. The molecule has 0 saturated carbocycles. The Morgan fingerprint density at radius 1 is 1.18 bits per heavy atom. The molecule has 0 aliphatic rings.